The van der Waals surface area contributed by atoms with Crippen LogP contribution < -0.4 is 5.32 Å². The second-order valence-electron chi connectivity index (χ2n) is 4.43. The minimum atomic E-state index is 0.375. The molecule has 4 heteroatoms. The van der Waals surface area contributed by atoms with Gasteiger partial charge < -0.3 is 14.8 Å². The van der Waals surface area contributed by atoms with Crippen LogP contribution in [0.2, 0.25) is 0 Å². The molecule has 0 saturated carbocycles. The van der Waals surface area contributed by atoms with E-state index in [9.17, 15) is 0 Å². The van der Waals surface area contributed by atoms with Crippen molar-refractivity contribution in [2.24, 2.45) is 5.41 Å². The van der Waals surface area contributed by atoms with Crippen molar-refractivity contribution in [1.82, 2.24) is 5.32 Å². The number of hydrogen-bond acceptors (Lipinski definition) is 4. The fourth-order valence-corrected chi connectivity index (χ4v) is 2.37. The van der Waals surface area contributed by atoms with Gasteiger partial charge in [0.1, 0.15) is 0 Å². The molecular weight excluding hydrogens is 194 g/mol. The molecule has 2 aliphatic heterocycles. The number of hydrogen-bond donors (Lipinski definition) is 1. The van der Waals surface area contributed by atoms with Crippen LogP contribution in [0.3, 0.4) is 0 Å². The van der Waals surface area contributed by atoms with Crippen LogP contribution in [0.25, 0.3) is 0 Å². The maximum Gasteiger partial charge on any atom is 0.292 e. The highest BCUT2D eigenvalue weighted by atomic mass is 16.5. The molecule has 0 aliphatic carbocycles. The van der Waals surface area contributed by atoms with Gasteiger partial charge in [-0.1, -0.05) is 0 Å². The average Bonchev–Trinajstić information content (AvgIpc) is 2.61. The van der Waals surface area contributed by atoms with E-state index < -0.39 is 0 Å². The molecule has 0 amide bonds. The second-order valence-corrected chi connectivity index (χ2v) is 4.43. The number of carbonyl (C=O) groups is 1. The van der Waals surface area contributed by atoms with Gasteiger partial charge in [-0.05, 0) is 31.6 Å². The van der Waals surface area contributed by atoms with Gasteiger partial charge >= 0.3 is 0 Å². The standard InChI is InChI=1S/C9H17NO.C2H4O2/c1-8-6-9(7-10-8)2-4-11-5-3-9;1-4-2-3/h8,10H,2-7H2,1H3;2H,1H3. The first-order valence-corrected chi connectivity index (χ1v) is 5.50. The highest BCUT2D eigenvalue weighted by Crippen LogP contribution is 2.38. The Balaban J connectivity index is 0.000000245. The van der Waals surface area contributed by atoms with Gasteiger partial charge in [0.15, 0.2) is 0 Å². The van der Waals surface area contributed by atoms with E-state index in [2.05, 4.69) is 17.0 Å². The predicted molar refractivity (Wildman–Crippen MR) is 57.6 cm³/mol. The van der Waals surface area contributed by atoms with Crippen molar-refractivity contribution in [3.63, 3.8) is 0 Å². The zero-order valence-corrected chi connectivity index (χ0v) is 9.62. The van der Waals surface area contributed by atoms with Gasteiger partial charge in [0.25, 0.3) is 6.47 Å². The molecule has 2 saturated heterocycles. The molecule has 0 radical (unpaired) electrons. The molecule has 2 fully saturated rings. The summed E-state index contributed by atoms with van der Waals surface area (Å²) in [4.78, 5) is 8.95. The topological polar surface area (TPSA) is 47.6 Å². The average molecular weight is 215 g/mol. The molecule has 1 atom stereocenters. The number of rotatable bonds is 1. The van der Waals surface area contributed by atoms with Gasteiger partial charge in [-0.2, -0.15) is 0 Å². The van der Waals surface area contributed by atoms with Crippen LogP contribution in [-0.4, -0.2) is 39.4 Å². The van der Waals surface area contributed by atoms with E-state index in [4.69, 9.17) is 9.53 Å². The molecule has 2 rings (SSSR count). The Morgan fingerprint density at radius 2 is 2.07 bits per heavy atom. The summed E-state index contributed by atoms with van der Waals surface area (Å²) < 4.78 is 9.22. The Bertz CT molecular complexity index is 185. The summed E-state index contributed by atoms with van der Waals surface area (Å²) in [6, 6.07) is 0.730. The number of nitrogens with one attached hydrogen (secondary N) is 1. The molecule has 0 aromatic carbocycles. The first-order valence-electron chi connectivity index (χ1n) is 5.50. The molecule has 1 N–H and O–H groups in total. The molecule has 88 valence electrons. The van der Waals surface area contributed by atoms with E-state index in [1.54, 1.807) is 0 Å². The molecule has 2 aliphatic rings. The highest BCUT2D eigenvalue weighted by Gasteiger charge is 2.38. The zero-order valence-electron chi connectivity index (χ0n) is 9.62. The predicted octanol–water partition coefficient (Wildman–Crippen LogP) is 0.954. The summed E-state index contributed by atoms with van der Waals surface area (Å²) in [6.07, 6.45) is 3.89. The largest absolute Gasteiger partial charge is 0.471 e. The van der Waals surface area contributed by atoms with Crippen molar-refractivity contribution in [2.45, 2.75) is 32.2 Å². The van der Waals surface area contributed by atoms with Gasteiger partial charge in [-0.3, -0.25) is 4.79 Å². The number of methoxy groups -OCH3 is 1. The van der Waals surface area contributed by atoms with Crippen molar-refractivity contribution < 1.29 is 14.3 Å². The Kier molecular flexibility index (Phi) is 5.05. The highest BCUT2D eigenvalue weighted by molar-refractivity contribution is 5.36. The third kappa shape index (κ3) is 3.80. The Morgan fingerprint density at radius 3 is 2.47 bits per heavy atom. The fraction of sp³-hybridized carbons (Fsp3) is 0.909. The summed E-state index contributed by atoms with van der Waals surface area (Å²) in [5.41, 5.74) is 0.609. The Morgan fingerprint density at radius 1 is 1.47 bits per heavy atom. The van der Waals surface area contributed by atoms with Crippen LogP contribution in [0.5, 0.6) is 0 Å². The Labute approximate surface area is 91.3 Å². The molecule has 1 spiro atoms. The maximum atomic E-state index is 8.95. The van der Waals surface area contributed by atoms with Crippen LogP contribution in [0, 0.1) is 5.41 Å². The van der Waals surface area contributed by atoms with Crippen molar-refractivity contribution >= 4 is 6.47 Å². The molecule has 15 heavy (non-hydrogen) atoms. The van der Waals surface area contributed by atoms with E-state index in [1.807, 2.05) is 0 Å². The first-order chi connectivity index (χ1) is 7.22. The van der Waals surface area contributed by atoms with Crippen LogP contribution >= 0.6 is 0 Å². The van der Waals surface area contributed by atoms with Gasteiger partial charge in [0.05, 0.1) is 7.11 Å². The van der Waals surface area contributed by atoms with E-state index >= 15 is 0 Å². The minimum Gasteiger partial charge on any atom is -0.471 e. The van der Waals surface area contributed by atoms with E-state index in [1.165, 1.54) is 32.9 Å². The number of carbonyl (C=O) groups excluding carboxylic acids is 1. The summed E-state index contributed by atoms with van der Waals surface area (Å²) in [5, 5.41) is 3.52. The Hall–Kier alpha value is -0.610. The lowest BCUT2D eigenvalue weighted by molar-refractivity contribution is -0.126. The third-order valence-corrected chi connectivity index (χ3v) is 3.21. The lowest BCUT2D eigenvalue weighted by Crippen LogP contribution is -2.31. The third-order valence-electron chi connectivity index (χ3n) is 3.21. The van der Waals surface area contributed by atoms with Gasteiger partial charge in [-0.25, -0.2) is 0 Å². The summed E-state index contributed by atoms with van der Waals surface area (Å²) in [5.74, 6) is 0. The van der Waals surface area contributed by atoms with Gasteiger partial charge in [0, 0.05) is 25.8 Å². The van der Waals surface area contributed by atoms with Crippen molar-refractivity contribution in [3.05, 3.63) is 0 Å². The molecule has 4 nitrogen and oxygen atoms in total. The first kappa shape index (κ1) is 12.5. The smallest absolute Gasteiger partial charge is 0.292 e. The zero-order chi connectivity index (χ0) is 11.1. The van der Waals surface area contributed by atoms with Crippen molar-refractivity contribution in [3.8, 4) is 0 Å². The minimum absolute atomic E-state index is 0.375. The summed E-state index contributed by atoms with van der Waals surface area (Å²) in [6.45, 7) is 5.84. The SMILES string of the molecule is CC1CC2(CCOCC2)CN1.COC=O. The van der Waals surface area contributed by atoms with Crippen molar-refractivity contribution in [1.29, 1.82) is 0 Å². The monoisotopic (exact) mass is 215 g/mol. The lowest BCUT2D eigenvalue weighted by Gasteiger charge is -2.32. The van der Waals surface area contributed by atoms with E-state index in [0.29, 0.717) is 11.9 Å². The van der Waals surface area contributed by atoms with Crippen LogP contribution in [0.1, 0.15) is 26.2 Å². The molecule has 2 heterocycles. The van der Waals surface area contributed by atoms with E-state index in [0.717, 1.165) is 19.3 Å². The van der Waals surface area contributed by atoms with Crippen LogP contribution in [0.4, 0.5) is 0 Å². The van der Waals surface area contributed by atoms with Crippen molar-refractivity contribution in [2.75, 3.05) is 26.9 Å². The van der Waals surface area contributed by atoms with Gasteiger partial charge in [0.2, 0.25) is 0 Å². The lowest BCUT2D eigenvalue weighted by atomic mass is 9.78. The molecule has 0 aromatic heterocycles. The molecule has 0 aromatic rings. The van der Waals surface area contributed by atoms with Crippen LogP contribution in [-0.2, 0) is 14.3 Å². The second kappa shape index (κ2) is 6.08. The summed E-state index contributed by atoms with van der Waals surface area (Å²) >= 11 is 0. The quantitative estimate of drug-likeness (QED) is 0.662. The summed E-state index contributed by atoms with van der Waals surface area (Å²) in [7, 11) is 1.31. The normalized spacial score (nSPS) is 28.0. The fourth-order valence-electron chi connectivity index (χ4n) is 2.37. The maximum absolute atomic E-state index is 8.95. The molecule has 0 bridgehead atoms. The number of ether oxygens (including phenoxy) is 2. The molecule has 1 unspecified atom stereocenters. The van der Waals surface area contributed by atoms with Crippen LogP contribution in [0.15, 0.2) is 0 Å². The van der Waals surface area contributed by atoms with E-state index in [-0.39, 0.29) is 0 Å². The molecular formula is C11H21NO3. The van der Waals surface area contributed by atoms with Gasteiger partial charge in [-0.15, -0.1) is 0 Å².